The lowest BCUT2D eigenvalue weighted by molar-refractivity contribution is -0.274. The third kappa shape index (κ3) is 2.65. The molecule has 0 aliphatic carbocycles. The SMILES string of the molecule is N=Cc1cc(OC(F)(F)F)ccc1N. The fourth-order valence-electron chi connectivity index (χ4n) is 0.875. The summed E-state index contributed by atoms with van der Waals surface area (Å²) < 4.78 is 38.9. The number of halogens is 3. The lowest BCUT2D eigenvalue weighted by atomic mass is 10.2. The molecule has 0 radical (unpaired) electrons. The summed E-state index contributed by atoms with van der Waals surface area (Å²) in [6.07, 6.45) is -3.87. The fraction of sp³-hybridized carbons (Fsp3) is 0.125. The molecule has 76 valence electrons. The van der Waals surface area contributed by atoms with Crippen molar-refractivity contribution >= 4 is 11.9 Å². The van der Waals surface area contributed by atoms with Gasteiger partial charge in [-0.3, -0.25) is 0 Å². The van der Waals surface area contributed by atoms with E-state index in [9.17, 15) is 13.2 Å². The number of alkyl halides is 3. The molecule has 0 fully saturated rings. The standard InChI is InChI=1S/C8H7F3N2O/c9-8(10,11)14-6-1-2-7(13)5(3-6)4-12/h1-4,12H,13H2. The van der Waals surface area contributed by atoms with Crippen molar-refractivity contribution in [2.45, 2.75) is 6.36 Å². The van der Waals surface area contributed by atoms with Crippen LogP contribution in [-0.4, -0.2) is 12.6 Å². The zero-order chi connectivity index (χ0) is 10.8. The van der Waals surface area contributed by atoms with Crippen molar-refractivity contribution in [1.29, 1.82) is 5.41 Å². The van der Waals surface area contributed by atoms with Crippen LogP contribution in [0.25, 0.3) is 0 Å². The van der Waals surface area contributed by atoms with Crippen LogP contribution in [0.5, 0.6) is 5.75 Å². The number of hydrogen-bond donors (Lipinski definition) is 2. The lowest BCUT2D eigenvalue weighted by Gasteiger charge is -2.09. The number of benzene rings is 1. The summed E-state index contributed by atoms with van der Waals surface area (Å²) in [6.45, 7) is 0. The van der Waals surface area contributed by atoms with Crippen LogP contribution in [0.1, 0.15) is 5.56 Å². The first-order chi connectivity index (χ1) is 6.42. The van der Waals surface area contributed by atoms with Crippen molar-refractivity contribution in [3.05, 3.63) is 23.8 Å². The summed E-state index contributed by atoms with van der Waals surface area (Å²) in [5.74, 6) is -0.384. The molecule has 0 saturated heterocycles. The van der Waals surface area contributed by atoms with E-state index in [0.29, 0.717) is 0 Å². The van der Waals surface area contributed by atoms with Crippen molar-refractivity contribution in [2.75, 3.05) is 5.73 Å². The Morgan fingerprint density at radius 2 is 2.00 bits per heavy atom. The highest BCUT2D eigenvalue weighted by Crippen LogP contribution is 2.25. The van der Waals surface area contributed by atoms with E-state index < -0.39 is 6.36 Å². The van der Waals surface area contributed by atoms with Crippen LogP contribution in [0.2, 0.25) is 0 Å². The van der Waals surface area contributed by atoms with Gasteiger partial charge in [-0.25, -0.2) is 0 Å². The smallest absolute Gasteiger partial charge is 0.406 e. The van der Waals surface area contributed by atoms with Crippen molar-refractivity contribution in [3.63, 3.8) is 0 Å². The summed E-state index contributed by atoms with van der Waals surface area (Å²) in [5.41, 5.74) is 5.79. The van der Waals surface area contributed by atoms with Crippen LogP contribution in [0.15, 0.2) is 18.2 Å². The Hall–Kier alpha value is -1.72. The van der Waals surface area contributed by atoms with E-state index >= 15 is 0 Å². The Balaban J connectivity index is 2.95. The van der Waals surface area contributed by atoms with Crippen LogP contribution >= 0.6 is 0 Å². The number of ether oxygens (including phenoxy) is 1. The number of rotatable bonds is 2. The first kappa shape index (κ1) is 10.4. The molecule has 1 rings (SSSR count). The number of nitrogens with one attached hydrogen (secondary N) is 1. The highest BCUT2D eigenvalue weighted by molar-refractivity contribution is 5.85. The van der Waals surface area contributed by atoms with Gasteiger partial charge in [0.2, 0.25) is 0 Å². The Morgan fingerprint density at radius 3 is 2.50 bits per heavy atom. The molecule has 1 aromatic carbocycles. The van der Waals surface area contributed by atoms with Gasteiger partial charge in [0.05, 0.1) is 0 Å². The van der Waals surface area contributed by atoms with Crippen molar-refractivity contribution in [2.24, 2.45) is 0 Å². The second-order valence-corrected chi connectivity index (χ2v) is 2.48. The molecule has 0 amide bonds. The average molecular weight is 204 g/mol. The van der Waals surface area contributed by atoms with E-state index in [2.05, 4.69) is 4.74 Å². The van der Waals surface area contributed by atoms with Gasteiger partial charge in [0.1, 0.15) is 5.75 Å². The molecule has 0 bridgehead atoms. The summed E-state index contributed by atoms with van der Waals surface area (Å²) in [6, 6.07) is 3.40. The van der Waals surface area contributed by atoms with Gasteiger partial charge in [-0.1, -0.05) is 0 Å². The molecular weight excluding hydrogens is 197 g/mol. The Labute approximate surface area is 77.8 Å². The molecule has 0 saturated carbocycles. The second kappa shape index (κ2) is 3.57. The Kier molecular flexibility index (Phi) is 2.64. The maximum atomic E-state index is 11.8. The fourth-order valence-corrected chi connectivity index (χ4v) is 0.875. The van der Waals surface area contributed by atoms with Crippen LogP contribution in [-0.2, 0) is 0 Å². The monoisotopic (exact) mass is 204 g/mol. The third-order valence-electron chi connectivity index (χ3n) is 1.45. The Morgan fingerprint density at radius 1 is 1.36 bits per heavy atom. The molecule has 0 heterocycles. The summed E-state index contributed by atoms with van der Waals surface area (Å²) in [4.78, 5) is 0. The predicted molar refractivity (Wildman–Crippen MR) is 45.4 cm³/mol. The van der Waals surface area contributed by atoms with Crippen molar-refractivity contribution < 1.29 is 17.9 Å². The van der Waals surface area contributed by atoms with Gasteiger partial charge >= 0.3 is 6.36 Å². The van der Waals surface area contributed by atoms with E-state index in [1.54, 1.807) is 0 Å². The van der Waals surface area contributed by atoms with E-state index in [4.69, 9.17) is 11.1 Å². The predicted octanol–water partition coefficient (Wildman–Crippen LogP) is 2.17. The first-order valence-electron chi connectivity index (χ1n) is 3.58. The number of hydrogen-bond acceptors (Lipinski definition) is 3. The quantitative estimate of drug-likeness (QED) is 0.572. The normalized spacial score (nSPS) is 11.1. The largest absolute Gasteiger partial charge is 0.573 e. The molecule has 0 spiro atoms. The highest BCUT2D eigenvalue weighted by Gasteiger charge is 2.31. The number of nitrogens with two attached hydrogens (primary N) is 1. The molecule has 0 aliphatic rings. The minimum absolute atomic E-state index is 0.187. The molecular formula is C8H7F3N2O. The molecule has 0 atom stereocenters. The van der Waals surface area contributed by atoms with Gasteiger partial charge in [0.15, 0.2) is 0 Å². The zero-order valence-corrected chi connectivity index (χ0v) is 6.93. The molecule has 14 heavy (non-hydrogen) atoms. The van der Waals surface area contributed by atoms with Crippen LogP contribution in [0, 0.1) is 5.41 Å². The molecule has 6 heteroatoms. The van der Waals surface area contributed by atoms with E-state index in [1.807, 2.05) is 0 Å². The van der Waals surface area contributed by atoms with E-state index in [1.165, 1.54) is 6.07 Å². The van der Waals surface area contributed by atoms with Crippen LogP contribution < -0.4 is 10.5 Å². The minimum atomic E-state index is -4.73. The lowest BCUT2D eigenvalue weighted by Crippen LogP contribution is -2.17. The zero-order valence-electron chi connectivity index (χ0n) is 6.93. The second-order valence-electron chi connectivity index (χ2n) is 2.48. The number of nitrogen functional groups attached to an aromatic ring is 1. The maximum absolute atomic E-state index is 11.8. The van der Waals surface area contributed by atoms with Gasteiger partial charge in [-0.2, -0.15) is 0 Å². The van der Waals surface area contributed by atoms with Gasteiger partial charge in [0.25, 0.3) is 0 Å². The Bertz CT molecular complexity index is 349. The first-order valence-corrected chi connectivity index (χ1v) is 3.58. The maximum Gasteiger partial charge on any atom is 0.573 e. The van der Waals surface area contributed by atoms with Crippen LogP contribution in [0.3, 0.4) is 0 Å². The molecule has 3 nitrogen and oxygen atoms in total. The molecule has 1 aromatic rings. The van der Waals surface area contributed by atoms with E-state index in [0.717, 1.165) is 18.3 Å². The molecule has 3 N–H and O–H groups in total. The third-order valence-corrected chi connectivity index (χ3v) is 1.45. The topological polar surface area (TPSA) is 59.1 Å². The molecule has 0 aliphatic heterocycles. The summed E-state index contributed by atoms with van der Waals surface area (Å²) >= 11 is 0. The number of anilines is 1. The van der Waals surface area contributed by atoms with Gasteiger partial charge in [-0.05, 0) is 18.2 Å². The van der Waals surface area contributed by atoms with Gasteiger partial charge < -0.3 is 15.9 Å². The average Bonchev–Trinajstić information content (AvgIpc) is 2.06. The van der Waals surface area contributed by atoms with Gasteiger partial charge in [0, 0.05) is 17.5 Å². The summed E-state index contributed by atoms with van der Waals surface area (Å²) in [7, 11) is 0. The molecule has 0 unspecified atom stereocenters. The van der Waals surface area contributed by atoms with Crippen molar-refractivity contribution in [3.8, 4) is 5.75 Å². The van der Waals surface area contributed by atoms with E-state index in [-0.39, 0.29) is 17.0 Å². The molecule has 0 aromatic heterocycles. The van der Waals surface area contributed by atoms with Crippen LogP contribution in [0.4, 0.5) is 18.9 Å². The van der Waals surface area contributed by atoms with Crippen molar-refractivity contribution in [1.82, 2.24) is 0 Å². The minimum Gasteiger partial charge on any atom is -0.406 e. The summed E-state index contributed by atoms with van der Waals surface area (Å²) in [5, 5.41) is 6.87. The highest BCUT2D eigenvalue weighted by atomic mass is 19.4. The van der Waals surface area contributed by atoms with Gasteiger partial charge in [-0.15, -0.1) is 13.2 Å².